The van der Waals surface area contributed by atoms with E-state index < -0.39 is 0 Å². The van der Waals surface area contributed by atoms with Crippen molar-refractivity contribution < 1.29 is 9.53 Å². The average Bonchev–Trinajstić information content (AvgIpc) is 3.15. The second kappa shape index (κ2) is 7.32. The van der Waals surface area contributed by atoms with Gasteiger partial charge in [0.15, 0.2) is 0 Å². The lowest BCUT2D eigenvalue weighted by Gasteiger charge is -2.11. The number of ether oxygens (including phenoxy) is 1. The number of methoxy groups -OCH3 is 1. The summed E-state index contributed by atoms with van der Waals surface area (Å²) in [4.78, 5) is 12.0. The Morgan fingerprint density at radius 2 is 1.92 bits per heavy atom. The highest BCUT2D eigenvalue weighted by atomic mass is 16.5. The molecule has 2 amide bonds. The molecule has 122 valence electrons. The molecule has 0 saturated carbocycles. The number of carbonyl (C=O) groups excluding carboxylic acids is 1. The van der Waals surface area contributed by atoms with Crippen LogP contribution in [0.2, 0.25) is 0 Å². The number of para-hydroxylation sites is 2. The van der Waals surface area contributed by atoms with Crippen molar-refractivity contribution >= 4 is 11.7 Å². The Balaban J connectivity index is 1.56. The Morgan fingerprint density at radius 3 is 2.62 bits per heavy atom. The molecular weight excluding hydrogens is 304 g/mol. The molecule has 0 atom stereocenters. The van der Waals surface area contributed by atoms with Gasteiger partial charge in [0.05, 0.1) is 18.5 Å². The maximum Gasteiger partial charge on any atom is 0.319 e. The first-order valence-corrected chi connectivity index (χ1v) is 7.53. The number of hydrogen-bond donors (Lipinski definition) is 2. The normalized spacial score (nSPS) is 10.2. The largest absolute Gasteiger partial charge is 0.495 e. The Kier molecular flexibility index (Phi) is 4.76. The number of urea groups is 1. The molecule has 2 aromatic carbocycles. The molecule has 1 aromatic heterocycles. The van der Waals surface area contributed by atoms with Gasteiger partial charge in [0.2, 0.25) is 0 Å². The molecule has 3 aromatic rings. The minimum atomic E-state index is -0.282. The van der Waals surface area contributed by atoms with Crippen molar-refractivity contribution in [1.82, 2.24) is 15.1 Å². The zero-order valence-corrected chi connectivity index (χ0v) is 13.3. The second-order valence-corrected chi connectivity index (χ2v) is 5.13. The molecule has 3 rings (SSSR count). The summed E-state index contributed by atoms with van der Waals surface area (Å²) in [7, 11) is 1.57. The number of nitrogens with one attached hydrogen (secondary N) is 2. The summed E-state index contributed by atoms with van der Waals surface area (Å²) in [5, 5.41) is 9.78. The van der Waals surface area contributed by atoms with Crippen LogP contribution in [0, 0.1) is 0 Å². The van der Waals surface area contributed by atoms with Gasteiger partial charge in [0.1, 0.15) is 5.75 Å². The molecule has 0 saturated heterocycles. The van der Waals surface area contributed by atoms with Crippen LogP contribution < -0.4 is 15.4 Å². The van der Waals surface area contributed by atoms with Gasteiger partial charge in [0.25, 0.3) is 0 Å². The highest BCUT2D eigenvalue weighted by Crippen LogP contribution is 2.22. The number of aromatic nitrogens is 2. The van der Waals surface area contributed by atoms with E-state index in [4.69, 9.17) is 4.74 Å². The number of hydrogen-bond acceptors (Lipinski definition) is 3. The highest BCUT2D eigenvalue weighted by Gasteiger charge is 2.06. The van der Waals surface area contributed by atoms with Crippen LogP contribution in [-0.4, -0.2) is 22.9 Å². The number of benzene rings is 2. The first-order chi connectivity index (χ1) is 11.8. The quantitative estimate of drug-likeness (QED) is 0.758. The molecule has 0 aliphatic carbocycles. The van der Waals surface area contributed by atoms with E-state index in [-0.39, 0.29) is 6.03 Å². The van der Waals surface area contributed by atoms with E-state index in [0.717, 1.165) is 11.3 Å². The third-order valence-electron chi connectivity index (χ3n) is 3.51. The van der Waals surface area contributed by atoms with E-state index in [1.807, 2.05) is 48.7 Å². The SMILES string of the molecule is COc1ccccc1NC(=O)NCc1ccc(-n2cccn2)cc1. The van der Waals surface area contributed by atoms with E-state index in [1.165, 1.54) is 0 Å². The van der Waals surface area contributed by atoms with Gasteiger partial charge in [-0.05, 0) is 35.9 Å². The molecule has 0 fully saturated rings. The first kappa shape index (κ1) is 15.6. The van der Waals surface area contributed by atoms with E-state index in [0.29, 0.717) is 18.0 Å². The summed E-state index contributed by atoms with van der Waals surface area (Å²) >= 11 is 0. The topological polar surface area (TPSA) is 68.2 Å². The van der Waals surface area contributed by atoms with Crippen molar-refractivity contribution in [3.05, 3.63) is 72.6 Å². The molecular formula is C18H18N4O2. The van der Waals surface area contributed by atoms with Crippen LogP contribution in [0.3, 0.4) is 0 Å². The lowest BCUT2D eigenvalue weighted by molar-refractivity contribution is 0.251. The minimum absolute atomic E-state index is 0.282. The summed E-state index contributed by atoms with van der Waals surface area (Å²) in [5.41, 5.74) is 2.61. The molecule has 0 spiro atoms. The van der Waals surface area contributed by atoms with Crippen molar-refractivity contribution in [2.45, 2.75) is 6.54 Å². The smallest absolute Gasteiger partial charge is 0.319 e. The zero-order chi connectivity index (χ0) is 16.8. The maximum absolute atomic E-state index is 12.0. The van der Waals surface area contributed by atoms with Crippen LogP contribution in [-0.2, 0) is 6.54 Å². The van der Waals surface area contributed by atoms with Crippen LogP contribution in [0.1, 0.15) is 5.56 Å². The van der Waals surface area contributed by atoms with E-state index in [9.17, 15) is 4.79 Å². The van der Waals surface area contributed by atoms with Gasteiger partial charge in [-0.1, -0.05) is 24.3 Å². The number of nitrogens with zero attached hydrogens (tertiary/aromatic N) is 2. The van der Waals surface area contributed by atoms with Crippen LogP contribution in [0.5, 0.6) is 5.75 Å². The predicted octanol–water partition coefficient (Wildman–Crippen LogP) is 3.20. The lowest BCUT2D eigenvalue weighted by atomic mass is 10.2. The standard InChI is InChI=1S/C18H18N4O2/c1-24-17-6-3-2-5-16(17)21-18(23)19-13-14-7-9-15(10-8-14)22-12-4-11-20-22/h2-12H,13H2,1H3,(H2,19,21,23). The fourth-order valence-electron chi connectivity index (χ4n) is 2.28. The van der Waals surface area contributed by atoms with E-state index >= 15 is 0 Å². The molecule has 2 N–H and O–H groups in total. The summed E-state index contributed by atoms with van der Waals surface area (Å²) in [6.45, 7) is 0.431. The monoisotopic (exact) mass is 322 g/mol. The van der Waals surface area contributed by atoms with E-state index in [1.54, 1.807) is 30.1 Å². The summed E-state index contributed by atoms with van der Waals surface area (Å²) in [6, 6.07) is 16.7. The van der Waals surface area contributed by atoms with Crippen molar-refractivity contribution in [3.8, 4) is 11.4 Å². The number of carbonyl (C=O) groups is 1. The average molecular weight is 322 g/mol. The maximum atomic E-state index is 12.0. The van der Waals surface area contributed by atoms with Gasteiger partial charge in [-0.25, -0.2) is 9.48 Å². The van der Waals surface area contributed by atoms with Crippen molar-refractivity contribution in [2.75, 3.05) is 12.4 Å². The van der Waals surface area contributed by atoms with Gasteiger partial charge in [-0.3, -0.25) is 0 Å². The molecule has 24 heavy (non-hydrogen) atoms. The fourth-order valence-corrected chi connectivity index (χ4v) is 2.28. The molecule has 0 aliphatic rings. The summed E-state index contributed by atoms with van der Waals surface area (Å²) in [5.74, 6) is 0.622. The third kappa shape index (κ3) is 3.73. The van der Waals surface area contributed by atoms with Crippen molar-refractivity contribution in [2.24, 2.45) is 0 Å². The zero-order valence-electron chi connectivity index (χ0n) is 13.3. The molecule has 1 heterocycles. The number of amides is 2. The van der Waals surface area contributed by atoms with Crippen LogP contribution in [0.25, 0.3) is 5.69 Å². The van der Waals surface area contributed by atoms with Gasteiger partial charge in [-0.2, -0.15) is 5.10 Å². The van der Waals surface area contributed by atoms with Gasteiger partial charge >= 0.3 is 6.03 Å². The van der Waals surface area contributed by atoms with Crippen molar-refractivity contribution in [1.29, 1.82) is 0 Å². The van der Waals surface area contributed by atoms with E-state index in [2.05, 4.69) is 15.7 Å². The predicted molar refractivity (Wildman–Crippen MR) is 92.4 cm³/mol. The van der Waals surface area contributed by atoms with Crippen LogP contribution in [0.15, 0.2) is 67.0 Å². The highest BCUT2D eigenvalue weighted by molar-refractivity contribution is 5.90. The molecule has 6 heteroatoms. The number of anilines is 1. The second-order valence-electron chi connectivity index (χ2n) is 5.13. The van der Waals surface area contributed by atoms with Crippen LogP contribution >= 0.6 is 0 Å². The fraction of sp³-hybridized carbons (Fsp3) is 0.111. The van der Waals surface area contributed by atoms with Gasteiger partial charge in [0, 0.05) is 18.9 Å². The number of rotatable bonds is 5. The molecule has 0 unspecified atom stereocenters. The third-order valence-corrected chi connectivity index (χ3v) is 3.51. The Hall–Kier alpha value is -3.28. The van der Waals surface area contributed by atoms with Crippen molar-refractivity contribution in [3.63, 3.8) is 0 Å². The summed E-state index contributed by atoms with van der Waals surface area (Å²) in [6.07, 6.45) is 3.62. The Morgan fingerprint density at radius 1 is 1.12 bits per heavy atom. The molecule has 6 nitrogen and oxygen atoms in total. The first-order valence-electron chi connectivity index (χ1n) is 7.53. The van der Waals surface area contributed by atoms with Gasteiger partial charge in [-0.15, -0.1) is 0 Å². The minimum Gasteiger partial charge on any atom is -0.495 e. The molecule has 0 radical (unpaired) electrons. The Bertz CT molecular complexity index is 798. The van der Waals surface area contributed by atoms with Crippen LogP contribution in [0.4, 0.5) is 10.5 Å². The molecule has 0 bridgehead atoms. The summed E-state index contributed by atoms with van der Waals surface area (Å²) < 4.78 is 6.99. The Labute approximate surface area is 140 Å². The van der Waals surface area contributed by atoms with Gasteiger partial charge < -0.3 is 15.4 Å². The lowest BCUT2D eigenvalue weighted by Crippen LogP contribution is -2.28. The molecule has 0 aliphatic heterocycles.